The number of ether oxygens (including phenoxy) is 1. The van der Waals surface area contributed by atoms with E-state index < -0.39 is 10.0 Å². The number of benzene rings is 2. The first-order chi connectivity index (χ1) is 13.3. The van der Waals surface area contributed by atoms with Gasteiger partial charge >= 0.3 is 0 Å². The van der Waals surface area contributed by atoms with Crippen LogP contribution in [0.4, 0.5) is 5.95 Å². The van der Waals surface area contributed by atoms with Crippen molar-refractivity contribution < 1.29 is 13.2 Å². The molecule has 0 bridgehead atoms. The highest BCUT2D eigenvalue weighted by atomic mass is 32.2. The Morgan fingerprint density at radius 1 is 1.00 bits per heavy atom. The zero-order chi connectivity index (χ0) is 20.1. The molecule has 7 heteroatoms. The quantitative estimate of drug-likeness (QED) is 0.625. The second-order valence-electron chi connectivity index (χ2n) is 6.43. The van der Waals surface area contributed by atoms with E-state index in [-0.39, 0.29) is 22.6 Å². The number of sulfonamides is 1. The van der Waals surface area contributed by atoms with Crippen LogP contribution < -0.4 is 9.46 Å². The van der Waals surface area contributed by atoms with Gasteiger partial charge < -0.3 is 4.74 Å². The summed E-state index contributed by atoms with van der Waals surface area (Å²) in [5, 5.41) is 0. The third kappa shape index (κ3) is 4.75. The highest BCUT2D eigenvalue weighted by Crippen LogP contribution is 2.27. The van der Waals surface area contributed by atoms with Crippen LogP contribution in [0.3, 0.4) is 0 Å². The van der Waals surface area contributed by atoms with Crippen molar-refractivity contribution in [1.82, 2.24) is 9.97 Å². The molecule has 6 nitrogen and oxygen atoms in total. The number of rotatable bonds is 7. The molecule has 0 fully saturated rings. The summed E-state index contributed by atoms with van der Waals surface area (Å²) in [6, 6.07) is 18.8. The lowest BCUT2D eigenvalue weighted by Gasteiger charge is -2.14. The summed E-state index contributed by atoms with van der Waals surface area (Å²) in [5.74, 6) is 0.857. The van der Waals surface area contributed by atoms with E-state index in [1.54, 1.807) is 36.4 Å². The summed E-state index contributed by atoms with van der Waals surface area (Å²) in [4.78, 5) is 8.66. The van der Waals surface area contributed by atoms with Gasteiger partial charge in [-0.25, -0.2) is 18.1 Å². The minimum atomic E-state index is -3.83. The van der Waals surface area contributed by atoms with Gasteiger partial charge in [-0.1, -0.05) is 56.8 Å². The Hall–Kier alpha value is -3.19. The normalized spacial score (nSPS) is 11.2. The summed E-state index contributed by atoms with van der Waals surface area (Å²) < 4.78 is 33.5. The molecule has 1 heterocycles. The molecule has 3 rings (SSSR count). The SMILES string of the molecule is C=C(c1cc(Oc2ccccc2)nc(NS(=O)(=O)c2ccccc2)n1)C(C)C. The third-order valence-corrected chi connectivity index (χ3v) is 5.32. The van der Waals surface area contributed by atoms with E-state index in [1.807, 2.05) is 32.0 Å². The van der Waals surface area contributed by atoms with Crippen molar-refractivity contribution in [3.8, 4) is 11.6 Å². The van der Waals surface area contributed by atoms with E-state index in [4.69, 9.17) is 4.74 Å². The molecule has 0 spiro atoms. The number of hydrogen-bond acceptors (Lipinski definition) is 5. The first-order valence-electron chi connectivity index (χ1n) is 8.74. The number of nitrogens with one attached hydrogen (secondary N) is 1. The third-order valence-electron chi connectivity index (χ3n) is 3.97. The van der Waals surface area contributed by atoms with Gasteiger partial charge in [0, 0.05) is 6.07 Å². The van der Waals surface area contributed by atoms with Crippen LogP contribution in [0.15, 0.2) is 78.2 Å². The van der Waals surface area contributed by atoms with Crippen molar-refractivity contribution in [2.24, 2.45) is 5.92 Å². The van der Waals surface area contributed by atoms with Gasteiger partial charge in [-0.15, -0.1) is 0 Å². The molecular weight excluding hydrogens is 374 g/mol. The molecule has 0 atom stereocenters. The van der Waals surface area contributed by atoms with E-state index in [0.717, 1.165) is 5.57 Å². The van der Waals surface area contributed by atoms with Crippen LogP contribution in [0.1, 0.15) is 19.5 Å². The first-order valence-corrected chi connectivity index (χ1v) is 10.2. The molecule has 0 aliphatic heterocycles. The van der Waals surface area contributed by atoms with Crippen LogP contribution in [-0.4, -0.2) is 18.4 Å². The number of hydrogen-bond donors (Lipinski definition) is 1. The highest BCUT2D eigenvalue weighted by molar-refractivity contribution is 7.92. The van der Waals surface area contributed by atoms with Gasteiger partial charge in [0.25, 0.3) is 10.0 Å². The van der Waals surface area contributed by atoms with E-state index in [0.29, 0.717) is 11.4 Å². The maximum absolute atomic E-state index is 12.6. The Kier molecular flexibility index (Phi) is 5.75. The molecule has 3 aromatic rings. The van der Waals surface area contributed by atoms with Crippen LogP contribution >= 0.6 is 0 Å². The molecule has 0 aliphatic rings. The van der Waals surface area contributed by atoms with Crippen LogP contribution in [0, 0.1) is 5.92 Å². The highest BCUT2D eigenvalue weighted by Gasteiger charge is 2.18. The van der Waals surface area contributed by atoms with Crippen molar-refractivity contribution >= 4 is 21.5 Å². The summed E-state index contributed by atoms with van der Waals surface area (Å²) in [6.45, 7) is 8.01. The zero-order valence-corrected chi connectivity index (χ0v) is 16.5. The molecule has 0 aliphatic carbocycles. The first kappa shape index (κ1) is 19.6. The Labute approximate surface area is 165 Å². The lowest BCUT2D eigenvalue weighted by atomic mass is 10.0. The molecule has 1 N–H and O–H groups in total. The van der Waals surface area contributed by atoms with Crippen molar-refractivity contribution in [1.29, 1.82) is 0 Å². The smallest absolute Gasteiger partial charge is 0.264 e. The van der Waals surface area contributed by atoms with Gasteiger partial charge in [-0.05, 0) is 35.8 Å². The Morgan fingerprint density at radius 3 is 2.21 bits per heavy atom. The van der Waals surface area contributed by atoms with Crippen LogP contribution in [-0.2, 0) is 10.0 Å². The largest absolute Gasteiger partial charge is 0.439 e. The van der Waals surface area contributed by atoms with E-state index >= 15 is 0 Å². The van der Waals surface area contributed by atoms with Crippen LogP contribution in [0.25, 0.3) is 5.57 Å². The van der Waals surface area contributed by atoms with Crippen LogP contribution in [0.5, 0.6) is 11.6 Å². The Morgan fingerprint density at radius 2 is 1.61 bits per heavy atom. The van der Waals surface area contributed by atoms with Gasteiger partial charge in [-0.3, -0.25) is 0 Å². The van der Waals surface area contributed by atoms with Gasteiger partial charge in [0.2, 0.25) is 11.8 Å². The fourth-order valence-electron chi connectivity index (χ4n) is 2.37. The monoisotopic (exact) mass is 395 g/mol. The lowest BCUT2D eigenvalue weighted by Crippen LogP contribution is -2.16. The molecule has 0 amide bonds. The molecule has 2 aromatic carbocycles. The maximum atomic E-state index is 12.6. The topological polar surface area (TPSA) is 81.2 Å². The summed E-state index contributed by atoms with van der Waals surface area (Å²) in [5.41, 5.74) is 1.27. The zero-order valence-electron chi connectivity index (χ0n) is 15.7. The van der Waals surface area contributed by atoms with E-state index in [2.05, 4.69) is 21.3 Å². The number of anilines is 1. The predicted octanol–water partition coefficient (Wildman–Crippen LogP) is 4.74. The van der Waals surface area contributed by atoms with Gasteiger partial charge in [0.05, 0.1) is 10.6 Å². The van der Waals surface area contributed by atoms with E-state index in [9.17, 15) is 8.42 Å². The minimum Gasteiger partial charge on any atom is -0.439 e. The number of aromatic nitrogens is 2. The second kappa shape index (κ2) is 8.22. The molecule has 28 heavy (non-hydrogen) atoms. The number of nitrogens with zero attached hydrogens (tertiary/aromatic N) is 2. The average Bonchev–Trinajstić information content (AvgIpc) is 2.68. The number of allylic oxidation sites excluding steroid dienone is 1. The minimum absolute atomic E-state index is 0.0749. The fraction of sp³-hybridized carbons (Fsp3) is 0.143. The number of para-hydroxylation sites is 1. The summed E-state index contributed by atoms with van der Waals surface area (Å²) in [7, 11) is -3.83. The molecule has 1 aromatic heterocycles. The van der Waals surface area contributed by atoms with Crippen molar-refractivity contribution in [2.75, 3.05) is 4.72 Å². The van der Waals surface area contributed by atoms with Crippen molar-refractivity contribution in [3.05, 3.63) is 79.0 Å². The van der Waals surface area contributed by atoms with Crippen LogP contribution in [0.2, 0.25) is 0 Å². The molecule has 0 radical (unpaired) electrons. The van der Waals surface area contributed by atoms with Crippen molar-refractivity contribution in [2.45, 2.75) is 18.7 Å². The predicted molar refractivity (Wildman–Crippen MR) is 110 cm³/mol. The molecule has 0 saturated heterocycles. The Bertz CT molecular complexity index is 1070. The van der Waals surface area contributed by atoms with Crippen molar-refractivity contribution in [3.63, 3.8) is 0 Å². The second-order valence-corrected chi connectivity index (χ2v) is 8.11. The Balaban J connectivity index is 1.98. The van der Waals surface area contributed by atoms with E-state index in [1.165, 1.54) is 12.1 Å². The summed E-state index contributed by atoms with van der Waals surface area (Å²) >= 11 is 0. The molecular formula is C21H21N3O3S. The lowest BCUT2D eigenvalue weighted by molar-refractivity contribution is 0.462. The standard InChI is InChI=1S/C21H21N3O3S/c1-15(2)16(3)19-14-20(27-17-10-6-4-7-11-17)23-21(22-19)24-28(25,26)18-12-8-5-9-13-18/h4-15H,3H2,1-2H3,(H,22,23,24). The average molecular weight is 395 g/mol. The molecule has 0 saturated carbocycles. The fourth-order valence-corrected chi connectivity index (χ4v) is 3.34. The maximum Gasteiger partial charge on any atom is 0.264 e. The van der Waals surface area contributed by atoms with Gasteiger partial charge in [0.1, 0.15) is 5.75 Å². The molecule has 0 unspecified atom stereocenters. The van der Waals surface area contributed by atoms with Gasteiger partial charge in [0.15, 0.2) is 0 Å². The molecule has 144 valence electrons. The summed E-state index contributed by atoms with van der Waals surface area (Å²) in [6.07, 6.45) is 0. The van der Waals surface area contributed by atoms with Gasteiger partial charge in [-0.2, -0.15) is 4.98 Å².